The van der Waals surface area contributed by atoms with E-state index in [0.717, 1.165) is 44.9 Å². The van der Waals surface area contributed by atoms with Crippen LogP contribution < -0.4 is 0 Å². The van der Waals surface area contributed by atoms with Crippen LogP contribution in [0.3, 0.4) is 0 Å². The lowest BCUT2D eigenvalue weighted by molar-refractivity contribution is -0.187. The van der Waals surface area contributed by atoms with E-state index in [1.165, 1.54) is 23.8 Å². The predicted octanol–water partition coefficient (Wildman–Crippen LogP) is 5.08. The molecule has 0 aromatic carbocycles. The summed E-state index contributed by atoms with van der Waals surface area (Å²) in [7, 11) is 1.38. The Morgan fingerprint density at radius 3 is 2.74 bits per heavy atom. The highest BCUT2D eigenvalue weighted by Crippen LogP contribution is 2.64. The summed E-state index contributed by atoms with van der Waals surface area (Å²) in [5.74, 6) is 0.0928. The first kappa shape index (κ1) is 22.3. The van der Waals surface area contributed by atoms with E-state index in [-0.39, 0.29) is 41.4 Å². The van der Waals surface area contributed by atoms with Crippen LogP contribution in [0.2, 0.25) is 0 Å². The van der Waals surface area contributed by atoms with Crippen molar-refractivity contribution in [3.63, 3.8) is 0 Å². The number of hydrogen-bond donors (Lipinski definition) is 0. The van der Waals surface area contributed by atoms with Gasteiger partial charge in [-0.15, -0.1) is 0 Å². The summed E-state index contributed by atoms with van der Waals surface area (Å²) < 4.78 is 11.3. The lowest BCUT2D eigenvalue weighted by Crippen LogP contribution is -2.56. The third-order valence-electron chi connectivity index (χ3n) is 8.84. The molecule has 5 nitrogen and oxygen atoms in total. The molecule has 0 heterocycles. The highest BCUT2D eigenvalue weighted by atomic mass is 16.6. The predicted molar refractivity (Wildman–Crippen MR) is 117 cm³/mol. The molecule has 0 bridgehead atoms. The van der Waals surface area contributed by atoms with Crippen molar-refractivity contribution in [2.45, 2.75) is 90.6 Å². The van der Waals surface area contributed by atoms with Crippen molar-refractivity contribution >= 4 is 17.7 Å². The van der Waals surface area contributed by atoms with Gasteiger partial charge in [0.25, 0.3) is 0 Å². The quantitative estimate of drug-likeness (QED) is 0.571. The summed E-state index contributed by atoms with van der Waals surface area (Å²) in [6.45, 7) is 6.28. The first-order chi connectivity index (χ1) is 14.7. The maximum Gasteiger partial charge on any atom is 0.308 e. The van der Waals surface area contributed by atoms with E-state index >= 15 is 0 Å². The highest BCUT2D eigenvalue weighted by Gasteiger charge is 2.63. The van der Waals surface area contributed by atoms with Crippen molar-refractivity contribution in [2.24, 2.45) is 23.2 Å². The minimum Gasteiger partial charge on any atom is -0.469 e. The number of methoxy groups -OCH3 is 1. The fraction of sp³-hybridized carbons (Fsp3) is 0.731. The Labute approximate surface area is 185 Å². The molecule has 0 aromatic heterocycles. The second-order valence-corrected chi connectivity index (χ2v) is 10.5. The van der Waals surface area contributed by atoms with Crippen molar-refractivity contribution in [1.82, 2.24) is 0 Å². The van der Waals surface area contributed by atoms with Crippen LogP contribution in [-0.2, 0) is 23.9 Å². The molecule has 0 radical (unpaired) electrons. The second kappa shape index (κ2) is 8.22. The average molecular weight is 429 g/mol. The number of ketones is 1. The van der Waals surface area contributed by atoms with Crippen LogP contribution in [0, 0.1) is 23.2 Å². The van der Waals surface area contributed by atoms with Crippen LogP contribution in [0.15, 0.2) is 22.8 Å². The van der Waals surface area contributed by atoms with E-state index in [1.807, 2.05) is 6.08 Å². The molecule has 0 spiro atoms. The van der Waals surface area contributed by atoms with Gasteiger partial charge in [0.1, 0.15) is 5.60 Å². The Hall–Kier alpha value is -1.91. The summed E-state index contributed by atoms with van der Waals surface area (Å²) in [6.07, 6.45) is 10.2. The molecule has 4 unspecified atom stereocenters. The molecule has 4 aliphatic carbocycles. The van der Waals surface area contributed by atoms with E-state index in [0.29, 0.717) is 18.8 Å². The van der Waals surface area contributed by atoms with Crippen molar-refractivity contribution in [2.75, 3.05) is 7.11 Å². The van der Waals surface area contributed by atoms with Crippen LogP contribution in [0.5, 0.6) is 0 Å². The second-order valence-electron chi connectivity index (χ2n) is 10.5. The van der Waals surface area contributed by atoms with Crippen molar-refractivity contribution in [1.29, 1.82) is 0 Å². The lowest BCUT2D eigenvalue weighted by Gasteiger charge is -2.55. The van der Waals surface area contributed by atoms with Gasteiger partial charge in [-0.3, -0.25) is 14.4 Å². The van der Waals surface area contributed by atoms with Gasteiger partial charge in [0.15, 0.2) is 5.78 Å². The number of carbonyl (C=O) groups excluding carboxylic acids is 3. The first-order valence-corrected chi connectivity index (χ1v) is 11.9. The van der Waals surface area contributed by atoms with Gasteiger partial charge in [-0.2, -0.15) is 0 Å². The van der Waals surface area contributed by atoms with Crippen LogP contribution in [0.25, 0.3) is 0 Å². The van der Waals surface area contributed by atoms with E-state index in [9.17, 15) is 14.4 Å². The van der Waals surface area contributed by atoms with Crippen LogP contribution >= 0.6 is 0 Å². The number of rotatable bonds is 5. The van der Waals surface area contributed by atoms with Gasteiger partial charge in [0, 0.05) is 24.2 Å². The Morgan fingerprint density at radius 1 is 1.23 bits per heavy atom. The van der Waals surface area contributed by atoms with Crippen LogP contribution in [-0.4, -0.2) is 30.4 Å². The molecule has 5 heteroatoms. The minimum absolute atomic E-state index is 0.00320. The van der Waals surface area contributed by atoms with Gasteiger partial charge in [-0.05, 0) is 81.4 Å². The van der Waals surface area contributed by atoms with E-state index in [2.05, 4.69) is 13.8 Å². The molecule has 4 aliphatic rings. The summed E-state index contributed by atoms with van der Waals surface area (Å²) in [4.78, 5) is 36.8. The maximum absolute atomic E-state index is 13.0. The molecule has 5 atom stereocenters. The topological polar surface area (TPSA) is 69.7 Å². The largest absolute Gasteiger partial charge is 0.469 e. The maximum atomic E-state index is 13.0. The van der Waals surface area contributed by atoms with Crippen molar-refractivity contribution in [3.8, 4) is 0 Å². The fourth-order valence-corrected chi connectivity index (χ4v) is 6.95. The first-order valence-electron chi connectivity index (χ1n) is 11.9. The third-order valence-corrected chi connectivity index (χ3v) is 8.84. The monoisotopic (exact) mass is 428 g/mol. The number of ether oxygens (including phenoxy) is 2. The number of esters is 2. The van der Waals surface area contributed by atoms with Crippen molar-refractivity contribution in [3.05, 3.63) is 22.8 Å². The smallest absolute Gasteiger partial charge is 0.308 e. The zero-order valence-corrected chi connectivity index (χ0v) is 19.4. The summed E-state index contributed by atoms with van der Waals surface area (Å²) in [5, 5.41) is 0. The summed E-state index contributed by atoms with van der Waals surface area (Å²) in [5.41, 5.74) is 3.46. The Balaban J connectivity index is 1.61. The number of hydrogen-bond acceptors (Lipinski definition) is 5. The molecule has 0 N–H and O–H groups in total. The Bertz CT molecular complexity index is 852. The molecular formula is C26H36O5. The molecule has 0 aromatic rings. The third kappa shape index (κ3) is 3.68. The van der Waals surface area contributed by atoms with Gasteiger partial charge >= 0.3 is 11.9 Å². The Morgan fingerprint density at radius 2 is 2.00 bits per heavy atom. The molecule has 2 saturated carbocycles. The number of fused-ring (bicyclic) bond motifs is 4. The van der Waals surface area contributed by atoms with Gasteiger partial charge < -0.3 is 9.47 Å². The van der Waals surface area contributed by atoms with E-state index in [1.54, 1.807) is 6.92 Å². The lowest BCUT2D eigenvalue weighted by atomic mass is 9.53. The fourth-order valence-electron chi connectivity index (χ4n) is 6.95. The highest BCUT2D eigenvalue weighted by molar-refractivity contribution is 5.92. The zero-order chi connectivity index (χ0) is 22.4. The molecule has 4 rings (SSSR count). The van der Waals surface area contributed by atoms with Gasteiger partial charge in [0.05, 0.1) is 13.0 Å². The van der Waals surface area contributed by atoms with Gasteiger partial charge in [-0.1, -0.05) is 19.4 Å². The molecule has 2 fully saturated rings. The van der Waals surface area contributed by atoms with Crippen LogP contribution in [0.1, 0.15) is 85.0 Å². The minimum atomic E-state index is -0.458. The summed E-state index contributed by atoms with van der Waals surface area (Å²) in [6, 6.07) is 0. The van der Waals surface area contributed by atoms with E-state index in [4.69, 9.17) is 9.47 Å². The molecule has 31 heavy (non-hydrogen) atoms. The summed E-state index contributed by atoms with van der Waals surface area (Å²) >= 11 is 0. The molecule has 170 valence electrons. The molecule has 0 amide bonds. The molecule has 0 aliphatic heterocycles. The zero-order valence-electron chi connectivity index (χ0n) is 19.4. The van der Waals surface area contributed by atoms with E-state index < -0.39 is 5.60 Å². The van der Waals surface area contributed by atoms with Gasteiger partial charge in [0.2, 0.25) is 0 Å². The van der Waals surface area contributed by atoms with Crippen molar-refractivity contribution < 1.29 is 23.9 Å². The van der Waals surface area contributed by atoms with Crippen LogP contribution in [0.4, 0.5) is 0 Å². The number of allylic oxidation sites excluding steroid dienone is 3. The molecule has 0 saturated heterocycles. The Kier molecular flexibility index (Phi) is 5.91. The standard InChI is InChI=1S/C26H36O5/c1-16(24(29)30-4)6-9-23(28)31-26-12-5-11-25(26,3)13-10-20-17(2)21-15-19(27)8-7-18(21)14-22(20)26/h15-16,18,22H,5-14H2,1-4H3/t16?,18?,22?,25-,26?/m1/s1. The SMILES string of the molecule is COC(=O)C(C)CCC(=O)OC12CCC[C@]1(C)CCC1=C(C)C3=CC(=O)CCC3CC12. The average Bonchev–Trinajstić information content (AvgIpc) is 3.09. The normalized spacial score (nSPS) is 35.5. The van der Waals surface area contributed by atoms with Gasteiger partial charge in [-0.25, -0.2) is 0 Å². The number of carbonyl (C=O) groups is 3. The molecular weight excluding hydrogens is 392 g/mol.